The first-order valence-electron chi connectivity index (χ1n) is 11.9. The number of fused-ring (bicyclic) bond motifs is 1. The summed E-state index contributed by atoms with van der Waals surface area (Å²) in [6, 6.07) is 6.68. The van der Waals surface area contributed by atoms with Gasteiger partial charge in [-0.1, -0.05) is 89.9 Å². The maximum absolute atomic E-state index is 9.89. The van der Waals surface area contributed by atoms with E-state index in [-0.39, 0.29) is 0 Å². The average Bonchev–Trinajstić information content (AvgIpc) is 3.07. The number of rotatable bonds is 7. The van der Waals surface area contributed by atoms with E-state index in [0.29, 0.717) is 18.4 Å². The van der Waals surface area contributed by atoms with Crippen molar-refractivity contribution >= 4 is 28.7 Å². The van der Waals surface area contributed by atoms with E-state index in [1.807, 2.05) is 34.6 Å². The van der Waals surface area contributed by atoms with E-state index < -0.39 is 6.61 Å². The summed E-state index contributed by atoms with van der Waals surface area (Å²) >= 11 is 7.15. The Kier molecular flexibility index (Phi) is 25.9. The highest BCUT2D eigenvalue weighted by Gasteiger charge is 2.36. The molecule has 1 aromatic rings. The Bertz CT molecular complexity index is 601. The van der Waals surface area contributed by atoms with E-state index in [2.05, 4.69) is 79.0 Å². The zero-order valence-corrected chi connectivity index (χ0v) is 24.6. The first-order chi connectivity index (χ1) is 15.6. The fraction of sp³-hybridized carbons (Fsp3) is 0.692. The van der Waals surface area contributed by atoms with Crippen molar-refractivity contribution in [2.24, 2.45) is 17.8 Å². The van der Waals surface area contributed by atoms with Gasteiger partial charge in [-0.3, -0.25) is 4.72 Å². The molecule has 0 fully saturated rings. The van der Waals surface area contributed by atoms with E-state index in [1.54, 1.807) is 7.05 Å². The minimum absolute atomic E-state index is 0.349. The van der Waals surface area contributed by atoms with Crippen molar-refractivity contribution in [3.63, 3.8) is 0 Å². The second-order valence-electron chi connectivity index (χ2n) is 7.66. The number of aliphatic hydroxyl groups excluding tert-OH is 1. The second-order valence-corrected chi connectivity index (χ2v) is 9.02. The molecule has 2 N–H and O–H groups in total. The van der Waals surface area contributed by atoms with Crippen molar-refractivity contribution < 1.29 is 18.6 Å². The molecule has 0 bridgehead atoms. The molecule has 1 aromatic carbocycles. The molecule has 0 spiro atoms. The van der Waals surface area contributed by atoms with Gasteiger partial charge in [-0.15, -0.1) is 0 Å². The van der Waals surface area contributed by atoms with Gasteiger partial charge in [0.15, 0.2) is 0 Å². The largest absolute Gasteiger partial charge is 0.498 e. The number of allylic oxidation sites excluding steroid dienone is 1. The van der Waals surface area contributed by atoms with Crippen LogP contribution in [0.2, 0.25) is 0 Å². The number of alkyl halides is 2. The molecule has 196 valence electrons. The topological polar surface area (TPSA) is 41.5 Å². The summed E-state index contributed by atoms with van der Waals surface area (Å²) in [7, 11) is 1.74. The predicted octanol–water partition coefficient (Wildman–Crippen LogP) is 8.63. The molecule has 0 saturated carbocycles. The van der Waals surface area contributed by atoms with Gasteiger partial charge in [0.2, 0.25) is 0 Å². The van der Waals surface area contributed by atoms with Gasteiger partial charge in [0.1, 0.15) is 0 Å². The Balaban J connectivity index is -0.000000698. The maximum atomic E-state index is 9.89. The molecule has 0 heterocycles. The molecule has 0 radical (unpaired) electrons. The number of ether oxygens (including phenoxy) is 1. The average molecular weight is 557 g/mol. The fourth-order valence-electron chi connectivity index (χ4n) is 4.04. The molecular formula is C26H48BrF2NO2S. The standard InChI is InChI=1S/C20H29BrO.2C2H6.CH2F2O.CH5NS/c1-6-22-15(5)20-17(10-14(4)9-13(2)3)11-16-7-8-18(21)12-19(16)20;2*1-2;2-1(3)4;1-2-3/h7-8,12-14,17,20H,5-6,9-11H2,1-4H3;2*1-2H3;1,4H;2-3H,1H3/t14-,17+,20+;;;;/m1..../s1. The van der Waals surface area contributed by atoms with Crippen LogP contribution < -0.4 is 4.72 Å². The summed E-state index contributed by atoms with van der Waals surface area (Å²) in [6.07, 6.45) is 3.70. The van der Waals surface area contributed by atoms with E-state index in [9.17, 15) is 8.78 Å². The zero-order valence-electron chi connectivity index (χ0n) is 22.1. The molecule has 7 heteroatoms. The Labute approximate surface area is 216 Å². The normalized spacial score (nSPS) is 16.5. The first kappa shape index (κ1) is 36.9. The lowest BCUT2D eigenvalue weighted by atomic mass is 9.82. The van der Waals surface area contributed by atoms with Gasteiger partial charge in [0.05, 0.1) is 12.4 Å². The summed E-state index contributed by atoms with van der Waals surface area (Å²) in [5, 5.41) is 6.72. The van der Waals surface area contributed by atoms with Gasteiger partial charge in [0.25, 0.3) is 0 Å². The molecule has 0 amide bonds. The van der Waals surface area contributed by atoms with Gasteiger partial charge in [0, 0.05) is 10.4 Å². The molecular weight excluding hydrogens is 508 g/mol. The predicted molar refractivity (Wildman–Crippen MR) is 147 cm³/mol. The summed E-state index contributed by atoms with van der Waals surface area (Å²) in [6.45, 7) is 18.8. The van der Waals surface area contributed by atoms with Crippen LogP contribution in [0, 0.1) is 17.8 Å². The number of thiol groups is 1. The Morgan fingerprint density at radius 2 is 1.73 bits per heavy atom. The molecule has 2 rings (SSSR count). The van der Waals surface area contributed by atoms with Gasteiger partial charge in [-0.2, -0.15) is 8.78 Å². The first-order valence-corrected chi connectivity index (χ1v) is 13.2. The Morgan fingerprint density at radius 1 is 1.24 bits per heavy atom. The smallest absolute Gasteiger partial charge is 0.342 e. The van der Waals surface area contributed by atoms with Crippen LogP contribution in [0.5, 0.6) is 0 Å². The van der Waals surface area contributed by atoms with Gasteiger partial charge >= 0.3 is 6.61 Å². The quantitative estimate of drug-likeness (QED) is 0.233. The molecule has 0 aliphatic heterocycles. The zero-order chi connectivity index (χ0) is 26.6. The lowest BCUT2D eigenvalue weighted by molar-refractivity contribution is -0.0728. The molecule has 1 aliphatic rings. The van der Waals surface area contributed by atoms with E-state index in [1.165, 1.54) is 24.0 Å². The highest BCUT2D eigenvalue weighted by atomic mass is 79.9. The second kappa shape index (κ2) is 23.1. The van der Waals surface area contributed by atoms with E-state index >= 15 is 0 Å². The third-order valence-corrected chi connectivity index (χ3v) is 5.15. The highest BCUT2D eigenvalue weighted by Crippen LogP contribution is 2.46. The fourth-order valence-corrected chi connectivity index (χ4v) is 4.42. The number of hydrogen-bond donors (Lipinski definition) is 3. The van der Waals surface area contributed by atoms with Crippen LogP contribution >= 0.6 is 28.7 Å². The number of benzene rings is 1. The van der Waals surface area contributed by atoms with Crippen LogP contribution in [0.15, 0.2) is 35.0 Å². The molecule has 1 aliphatic carbocycles. The van der Waals surface area contributed by atoms with Crippen LogP contribution in [0.1, 0.15) is 85.3 Å². The molecule has 3 atom stereocenters. The van der Waals surface area contributed by atoms with E-state index in [4.69, 9.17) is 9.84 Å². The third kappa shape index (κ3) is 17.5. The number of nitrogens with one attached hydrogen (secondary N) is 1. The van der Waals surface area contributed by atoms with Crippen molar-refractivity contribution in [3.05, 3.63) is 46.1 Å². The van der Waals surface area contributed by atoms with Crippen LogP contribution in [-0.4, -0.2) is 25.4 Å². The summed E-state index contributed by atoms with van der Waals surface area (Å²) < 4.78 is 29.2. The molecule has 3 nitrogen and oxygen atoms in total. The van der Waals surface area contributed by atoms with Gasteiger partial charge < -0.3 is 9.84 Å². The summed E-state index contributed by atoms with van der Waals surface area (Å²) in [5.74, 6) is 3.43. The maximum Gasteiger partial charge on any atom is 0.342 e. The Morgan fingerprint density at radius 3 is 2.15 bits per heavy atom. The lowest BCUT2D eigenvalue weighted by Crippen LogP contribution is -2.16. The molecule has 0 aromatic heterocycles. The summed E-state index contributed by atoms with van der Waals surface area (Å²) in [5.41, 5.74) is 2.88. The SMILES string of the molecule is C=C(OCC)[C@@H]1c2cc(Br)ccc2C[C@@H]1C[C@H](C)CC(C)C.CC.CC.CNS.OC(F)F. The summed E-state index contributed by atoms with van der Waals surface area (Å²) in [4.78, 5) is 0. The van der Waals surface area contributed by atoms with Crippen LogP contribution in [-0.2, 0) is 11.2 Å². The van der Waals surface area contributed by atoms with Gasteiger partial charge in [-0.05, 0) is 74.2 Å². The number of aliphatic hydroxyl groups is 1. The Hall–Kier alpha value is -0.630. The number of hydrogen-bond acceptors (Lipinski definition) is 4. The van der Waals surface area contributed by atoms with Crippen molar-refractivity contribution in [1.29, 1.82) is 0 Å². The third-order valence-electron chi connectivity index (χ3n) is 4.65. The molecule has 33 heavy (non-hydrogen) atoms. The van der Waals surface area contributed by atoms with Crippen molar-refractivity contribution in [3.8, 4) is 0 Å². The van der Waals surface area contributed by atoms with Crippen LogP contribution in [0.25, 0.3) is 0 Å². The number of halogens is 3. The highest BCUT2D eigenvalue weighted by molar-refractivity contribution is 9.10. The minimum atomic E-state index is -3.17. The minimum Gasteiger partial charge on any atom is -0.498 e. The van der Waals surface area contributed by atoms with Crippen LogP contribution in [0.3, 0.4) is 0 Å². The lowest BCUT2D eigenvalue weighted by Gasteiger charge is -2.26. The van der Waals surface area contributed by atoms with Crippen LogP contribution in [0.4, 0.5) is 8.78 Å². The van der Waals surface area contributed by atoms with E-state index in [0.717, 1.165) is 28.5 Å². The van der Waals surface area contributed by atoms with Gasteiger partial charge in [-0.25, -0.2) is 0 Å². The molecule has 0 saturated heterocycles. The van der Waals surface area contributed by atoms with Crippen molar-refractivity contribution in [2.75, 3.05) is 13.7 Å². The van der Waals surface area contributed by atoms with Crippen molar-refractivity contribution in [2.45, 2.75) is 87.2 Å². The molecule has 0 unspecified atom stereocenters. The van der Waals surface area contributed by atoms with Crippen molar-refractivity contribution in [1.82, 2.24) is 4.72 Å². The monoisotopic (exact) mass is 555 g/mol.